The topological polar surface area (TPSA) is 77.0 Å². The van der Waals surface area contributed by atoms with Gasteiger partial charge in [-0.15, -0.1) is 0 Å². The van der Waals surface area contributed by atoms with Gasteiger partial charge in [0.05, 0.1) is 0 Å². The number of piperazine rings is 1. The highest BCUT2D eigenvalue weighted by Crippen LogP contribution is 2.40. The lowest BCUT2D eigenvalue weighted by Crippen LogP contribution is -2.52. The molecule has 3 rings (SSSR count). The van der Waals surface area contributed by atoms with Gasteiger partial charge < -0.3 is 19.8 Å². The third-order valence-electron chi connectivity index (χ3n) is 7.19. The molecule has 0 spiro atoms. The van der Waals surface area contributed by atoms with Gasteiger partial charge in [-0.05, 0) is 53.2 Å². The molecule has 0 unspecified atom stereocenters. The predicted octanol–water partition coefficient (Wildman–Crippen LogP) is 5.37. The molecule has 7 heteroatoms. The second-order valence-electron chi connectivity index (χ2n) is 12.5. The van der Waals surface area contributed by atoms with Crippen molar-refractivity contribution < 1.29 is 14.7 Å². The van der Waals surface area contributed by atoms with Crippen LogP contribution in [0.15, 0.2) is 42.6 Å². The van der Waals surface area contributed by atoms with Crippen LogP contribution < -0.4 is 4.90 Å². The Morgan fingerprint density at radius 2 is 1.62 bits per heavy atom. The van der Waals surface area contributed by atoms with Crippen LogP contribution >= 0.6 is 0 Å². The molecule has 1 saturated heterocycles. The Labute approximate surface area is 234 Å². The van der Waals surface area contributed by atoms with Crippen molar-refractivity contribution in [3.8, 4) is 5.75 Å². The number of pyridine rings is 1. The van der Waals surface area contributed by atoms with Crippen LogP contribution in [0.1, 0.15) is 78.0 Å². The van der Waals surface area contributed by atoms with Crippen molar-refractivity contribution in [2.45, 2.75) is 72.1 Å². The number of carbonyl (C=O) groups is 2. The number of phenols is 1. The van der Waals surface area contributed by atoms with E-state index in [1.807, 2.05) is 35.2 Å². The number of aromatic nitrogens is 1. The molecule has 1 aromatic heterocycles. The summed E-state index contributed by atoms with van der Waals surface area (Å²) in [7, 11) is 0. The summed E-state index contributed by atoms with van der Waals surface area (Å²) in [4.78, 5) is 36.6. The minimum atomic E-state index is -0.252. The lowest BCUT2D eigenvalue weighted by molar-refractivity contribution is -0.138. The van der Waals surface area contributed by atoms with E-state index in [2.05, 4.69) is 58.4 Å². The Balaban J connectivity index is 1.73. The molecule has 212 valence electrons. The summed E-state index contributed by atoms with van der Waals surface area (Å²) in [6, 6.07) is 9.76. The van der Waals surface area contributed by atoms with Gasteiger partial charge >= 0.3 is 0 Å². The average molecular weight is 535 g/mol. The van der Waals surface area contributed by atoms with Gasteiger partial charge in [0.1, 0.15) is 18.1 Å². The molecular weight excluding hydrogens is 488 g/mol. The van der Waals surface area contributed by atoms with Crippen molar-refractivity contribution in [1.29, 1.82) is 0 Å². The number of phenolic OH excluding ortho intramolecular Hbond substituents is 1. The summed E-state index contributed by atoms with van der Waals surface area (Å²) < 4.78 is 0. The van der Waals surface area contributed by atoms with Gasteiger partial charge in [-0.3, -0.25) is 9.59 Å². The number of carbonyl (C=O) groups excluding carboxylic acids is 2. The van der Waals surface area contributed by atoms with Crippen molar-refractivity contribution in [3.05, 3.63) is 59.3 Å². The van der Waals surface area contributed by atoms with Crippen LogP contribution in [0.4, 0.5) is 5.82 Å². The first kappa shape index (κ1) is 30.2. The van der Waals surface area contributed by atoms with Crippen LogP contribution in [0.2, 0.25) is 0 Å². The van der Waals surface area contributed by atoms with Gasteiger partial charge in [-0.2, -0.15) is 0 Å². The van der Waals surface area contributed by atoms with E-state index in [9.17, 15) is 14.7 Å². The maximum atomic E-state index is 13.3. The second kappa shape index (κ2) is 12.7. The molecule has 1 aromatic carbocycles. The van der Waals surface area contributed by atoms with Gasteiger partial charge in [0.25, 0.3) is 0 Å². The molecule has 2 amide bonds. The number of aromatic hydroxyl groups is 1. The van der Waals surface area contributed by atoms with E-state index in [0.29, 0.717) is 25.4 Å². The third-order valence-corrected chi connectivity index (χ3v) is 7.19. The van der Waals surface area contributed by atoms with Crippen LogP contribution in [-0.4, -0.2) is 71.0 Å². The largest absolute Gasteiger partial charge is 0.507 e. The molecule has 2 heterocycles. The minimum Gasteiger partial charge on any atom is -0.507 e. The van der Waals surface area contributed by atoms with Gasteiger partial charge in [0, 0.05) is 56.1 Å². The number of rotatable bonds is 8. The Hall–Kier alpha value is -3.35. The van der Waals surface area contributed by atoms with E-state index in [1.165, 1.54) is 0 Å². The third kappa shape index (κ3) is 8.07. The first-order valence-electron chi connectivity index (χ1n) is 14.1. The lowest BCUT2D eigenvalue weighted by atomic mass is 9.78. The zero-order valence-electron chi connectivity index (χ0n) is 24.8. The second-order valence-corrected chi connectivity index (χ2v) is 12.5. The van der Waals surface area contributed by atoms with Crippen LogP contribution in [0.5, 0.6) is 5.75 Å². The van der Waals surface area contributed by atoms with E-state index >= 15 is 0 Å². The van der Waals surface area contributed by atoms with E-state index < -0.39 is 0 Å². The molecule has 0 aliphatic carbocycles. The predicted molar refractivity (Wildman–Crippen MR) is 159 cm³/mol. The summed E-state index contributed by atoms with van der Waals surface area (Å²) >= 11 is 0. The first-order chi connectivity index (χ1) is 18.3. The van der Waals surface area contributed by atoms with Crippen molar-refractivity contribution >= 4 is 23.7 Å². The highest BCUT2D eigenvalue weighted by molar-refractivity contribution is 5.94. The fourth-order valence-electron chi connectivity index (χ4n) is 4.77. The first-order valence-corrected chi connectivity index (χ1v) is 14.1. The van der Waals surface area contributed by atoms with E-state index in [0.717, 1.165) is 48.4 Å². The van der Waals surface area contributed by atoms with Crippen LogP contribution in [0.25, 0.3) is 6.08 Å². The normalized spacial score (nSPS) is 14.6. The molecule has 0 radical (unpaired) electrons. The van der Waals surface area contributed by atoms with Crippen LogP contribution in [0.3, 0.4) is 0 Å². The number of anilines is 1. The Morgan fingerprint density at radius 3 is 2.13 bits per heavy atom. The summed E-state index contributed by atoms with van der Waals surface area (Å²) in [6.45, 7) is 17.8. The molecular formula is C32H46N4O3. The van der Waals surface area contributed by atoms with Crippen LogP contribution in [-0.2, 0) is 20.4 Å². The van der Waals surface area contributed by atoms with Crippen molar-refractivity contribution in [2.24, 2.45) is 0 Å². The van der Waals surface area contributed by atoms with Gasteiger partial charge in [-0.25, -0.2) is 4.98 Å². The van der Waals surface area contributed by atoms with Crippen molar-refractivity contribution in [1.82, 2.24) is 14.8 Å². The fraction of sp³-hybridized carbons (Fsp3) is 0.531. The summed E-state index contributed by atoms with van der Waals surface area (Å²) in [6.07, 6.45) is 6.92. The molecule has 39 heavy (non-hydrogen) atoms. The zero-order valence-corrected chi connectivity index (χ0v) is 24.8. The molecule has 0 saturated carbocycles. The lowest BCUT2D eigenvalue weighted by Gasteiger charge is -2.36. The molecule has 1 aliphatic rings. The van der Waals surface area contributed by atoms with Crippen molar-refractivity contribution in [2.75, 3.05) is 44.2 Å². The highest BCUT2D eigenvalue weighted by atomic mass is 16.3. The maximum absolute atomic E-state index is 13.3. The number of amides is 2. The zero-order chi connectivity index (χ0) is 28.8. The molecule has 7 nitrogen and oxygen atoms in total. The monoisotopic (exact) mass is 534 g/mol. The number of unbranched alkanes of at least 4 members (excludes halogenated alkanes) is 1. The molecule has 2 aromatic rings. The Kier molecular flexibility index (Phi) is 9.81. The number of nitrogens with zero attached hydrogens (tertiary/aromatic N) is 4. The molecule has 0 bridgehead atoms. The molecule has 1 aliphatic heterocycles. The summed E-state index contributed by atoms with van der Waals surface area (Å²) in [5, 5.41) is 11.0. The van der Waals surface area contributed by atoms with Crippen molar-refractivity contribution in [3.63, 3.8) is 0 Å². The fourth-order valence-corrected chi connectivity index (χ4v) is 4.77. The summed E-state index contributed by atoms with van der Waals surface area (Å²) in [5.74, 6) is 1.04. The van der Waals surface area contributed by atoms with E-state index in [4.69, 9.17) is 0 Å². The number of hydrogen-bond acceptors (Lipinski definition) is 5. The standard InChI is InChI=1S/C32H46N4O3/c1-8-9-16-36(23-29(38)35-19-17-34(18-20-35)27-12-10-11-15-33-27)28(37)14-13-24-21-25(31(2,3)4)30(39)26(22-24)32(5,6)7/h10-15,21-22,39H,8-9,16-20,23H2,1-7H3/b14-13+. The average Bonchev–Trinajstić information content (AvgIpc) is 2.89. The molecule has 1 N–H and O–H groups in total. The van der Waals surface area contributed by atoms with E-state index in [-0.39, 0.29) is 29.2 Å². The van der Waals surface area contributed by atoms with Gasteiger partial charge in [0.2, 0.25) is 11.8 Å². The maximum Gasteiger partial charge on any atom is 0.247 e. The van der Waals surface area contributed by atoms with Gasteiger partial charge in [0.15, 0.2) is 0 Å². The molecule has 1 fully saturated rings. The SMILES string of the molecule is CCCCN(CC(=O)N1CCN(c2ccccn2)CC1)C(=O)/C=C/c1cc(C(C)(C)C)c(O)c(C(C)(C)C)c1. The highest BCUT2D eigenvalue weighted by Gasteiger charge is 2.27. The smallest absolute Gasteiger partial charge is 0.247 e. The number of hydrogen-bond donors (Lipinski definition) is 1. The Bertz CT molecular complexity index is 1120. The van der Waals surface area contributed by atoms with E-state index in [1.54, 1.807) is 23.2 Å². The Morgan fingerprint density at radius 1 is 1.00 bits per heavy atom. The number of benzene rings is 1. The van der Waals surface area contributed by atoms with Crippen LogP contribution in [0, 0.1) is 0 Å². The van der Waals surface area contributed by atoms with Gasteiger partial charge in [-0.1, -0.05) is 61.0 Å². The minimum absolute atomic E-state index is 0.0248. The summed E-state index contributed by atoms with van der Waals surface area (Å²) in [5.41, 5.74) is 2.06. The molecule has 0 atom stereocenters. The quantitative estimate of drug-likeness (QED) is 0.461.